The van der Waals surface area contributed by atoms with Gasteiger partial charge in [-0.25, -0.2) is 0 Å². The highest BCUT2D eigenvalue weighted by molar-refractivity contribution is 5.76. The molecular weight excluding hydrogens is 326 g/mol. The fourth-order valence-corrected chi connectivity index (χ4v) is 3.16. The van der Waals surface area contributed by atoms with Crippen LogP contribution in [-0.4, -0.2) is 20.1 Å². The number of aryl methyl sites for hydroxylation is 3. The van der Waals surface area contributed by atoms with E-state index in [0.717, 1.165) is 46.6 Å². The summed E-state index contributed by atoms with van der Waals surface area (Å²) in [6, 6.07) is 12.1. The second kappa shape index (κ2) is 9.27. The zero-order valence-corrected chi connectivity index (χ0v) is 16.4. The van der Waals surface area contributed by atoms with Crippen LogP contribution in [0.5, 0.6) is 11.5 Å². The predicted molar refractivity (Wildman–Crippen MR) is 105 cm³/mol. The Kier molecular flexibility index (Phi) is 7.07. The topological polar surface area (TPSA) is 47.6 Å². The zero-order chi connectivity index (χ0) is 19.1. The van der Waals surface area contributed by atoms with Gasteiger partial charge in [0.2, 0.25) is 5.91 Å². The average Bonchev–Trinajstić information content (AvgIpc) is 2.64. The van der Waals surface area contributed by atoms with Gasteiger partial charge < -0.3 is 14.8 Å². The minimum absolute atomic E-state index is 0.0182. The lowest BCUT2D eigenvalue weighted by atomic mass is 10.0. The van der Waals surface area contributed by atoms with Crippen LogP contribution in [0, 0.1) is 13.8 Å². The number of ether oxygens (including phenoxy) is 2. The molecule has 0 aliphatic rings. The number of hydrogen-bond acceptors (Lipinski definition) is 3. The Hall–Kier alpha value is -2.49. The fourth-order valence-electron chi connectivity index (χ4n) is 3.16. The van der Waals surface area contributed by atoms with Crippen LogP contribution in [0.15, 0.2) is 36.4 Å². The molecule has 0 aliphatic carbocycles. The molecule has 0 aliphatic heterocycles. The van der Waals surface area contributed by atoms with Crippen LogP contribution in [0.3, 0.4) is 0 Å². The Bertz CT molecular complexity index is 755. The quantitative estimate of drug-likeness (QED) is 0.757. The molecule has 2 rings (SSSR count). The van der Waals surface area contributed by atoms with Crippen LogP contribution in [-0.2, 0) is 11.2 Å². The Labute approximate surface area is 156 Å². The van der Waals surface area contributed by atoms with Gasteiger partial charge in [-0.2, -0.15) is 0 Å². The van der Waals surface area contributed by atoms with Crippen LogP contribution in [0.2, 0.25) is 0 Å². The highest BCUT2D eigenvalue weighted by atomic mass is 16.5. The summed E-state index contributed by atoms with van der Waals surface area (Å²) in [6.45, 7) is 6.11. The van der Waals surface area contributed by atoms with Crippen molar-refractivity contribution in [3.8, 4) is 11.5 Å². The van der Waals surface area contributed by atoms with Gasteiger partial charge in [0, 0.05) is 6.42 Å². The third-order valence-corrected chi connectivity index (χ3v) is 4.66. The molecule has 0 radical (unpaired) electrons. The molecule has 4 nitrogen and oxygen atoms in total. The van der Waals surface area contributed by atoms with Gasteiger partial charge in [0.05, 0.1) is 20.3 Å². The van der Waals surface area contributed by atoms with E-state index in [1.165, 1.54) is 0 Å². The summed E-state index contributed by atoms with van der Waals surface area (Å²) in [7, 11) is 3.34. The summed E-state index contributed by atoms with van der Waals surface area (Å²) < 4.78 is 10.6. The number of amides is 1. The van der Waals surface area contributed by atoms with Gasteiger partial charge in [-0.3, -0.25) is 4.79 Å². The lowest BCUT2D eigenvalue weighted by Crippen LogP contribution is -2.28. The summed E-state index contributed by atoms with van der Waals surface area (Å²) in [4.78, 5) is 12.4. The van der Waals surface area contributed by atoms with Crippen molar-refractivity contribution in [2.24, 2.45) is 0 Å². The van der Waals surface area contributed by atoms with Crippen molar-refractivity contribution in [2.45, 2.75) is 46.1 Å². The second-order valence-electron chi connectivity index (χ2n) is 6.56. The molecule has 1 amide bonds. The third kappa shape index (κ3) is 5.01. The first-order valence-corrected chi connectivity index (χ1v) is 9.05. The van der Waals surface area contributed by atoms with Crippen molar-refractivity contribution >= 4 is 5.91 Å². The largest absolute Gasteiger partial charge is 0.496 e. The monoisotopic (exact) mass is 355 g/mol. The molecule has 0 fully saturated rings. The minimum atomic E-state index is 0.0182. The number of methoxy groups -OCH3 is 2. The maximum atomic E-state index is 12.4. The molecule has 0 unspecified atom stereocenters. The molecule has 1 N–H and O–H groups in total. The number of carbonyl (C=O) groups is 1. The number of carbonyl (C=O) groups excluding carboxylic acids is 1. The van der Waals surface area contributed by atoms with E-state index in [4.69, 9.17) is 9.47 Å². The van der Waals surface area contributed by atoms with E-state index in [2.05, 4.69) is 24.4 Å². The van der Waals surface area contributed by atoms with Gasteiger partial charge in [0.25, 0.3) is 0 Å². The molecule has 0 saturated heterocycles. The SMILES string of the molecule is CC[C@@H](NC(=O)CCc1ccc(OC)c(C)c1)c1ccc(OC)c(C)c1. The average molecular weight is 355 g/mol. The Morgan fingerprint density at radius 3 is 2.15 bits per heavy atom. The fraction of sp³-hybridized carbons (Fsp3) is 0.409. The van der Waals surface area contributed by atoms with E-state index in [0.29, 0.717) is 6.42 Å². The molecule has 26 heavy (non-hydrogen) atoms. The summed E-state index contributed by atoms with van der Waals surface area (Å²) in [5.41, 5.74) is 4.42. The summed E-state index contributed by atoms with van der Waals surface area (Å²) in [6.07, 6.45) is 2.03. The van der Waals surface area contributed by atoms with Crippen LogP contribution in [0.25, 0.3) is 0 Å². The van der Waals surface area contributed by atoms with Crippen molar-refractivity contribution in [3.63, 3.8) is 0 Å². The van der Waals surface area contributed by atoms with E-state index in [9.17, 15) is 4.79 Å². The highest BCUT2D eigenvalue weighted by Gasteiger charge is 2.14. The van der Waals surface area contributed by atoms with E-state index in [1.54, 1.807) is 14.2 Å². The van der Waals surface area contributed by atoms with Crippen LogP contribution in [0.1, 0.15) is 48.1 Å². The van der Waals surface area contributed by atoms with Gasteiger partial charge in [-0.15, -0.1) is 0 Å². The van der Waals surface area contributed by atoms with Crippen molar-refractivity contribution < 1.29 is 14.3 Å². The molecule has 140 valence electrons. The molecule has 0 bridgehead atoms. The minimum Gasteiger partial charge on any atom is -0.496 e. The molecule has 2 aromatic carbocycles. The first-order chi connectivity index (χ1) is 12.5. The van der Waals surface area contributed by atoms with Crippen LogP contribution < -0.4 is 14.8 Å². The number of benzene rings is 2. The van der Waals surface area contributed by atoms with Gasteiger partial charge in [-0.05, 0) is 61.1 Å². The first kappa shape index (κ1) is 19.8. The molecule has 0 heterocycles. The number of hydrogen-bond donors (Lipinski definition) is 1. The van der Waals surface area contributed by atoms with E-state index in [-0.39, 0.29) is 11.9 Å². The van der Waals surface area contributed by atoms with Gasteiger partial charge in [0.1, 0.15) is 11.5 Å². The maximum absolute atomic E-state index is 12.4. The summed E-state index contributed by atoms with van der Waals surface area (Å²) >= 11 is 0. The van der Waals surface area contributed by atoms with E-state index in [1.807, 2.05) is 38.1 Å². The second-order valence-corrected chi connectivity index (χ2v) is 6.56. The molecule has 0 aromatic heterocycles. The normalized spacial score (nSPS) is 11.7. The van der Waals surface area contributed by atoms with Crippen molar-refractivity contribution in [1.29, 1.82) is 0 Å². The Morgan fingerprint density at radius 2 is 1.62 bits per heavy atom. The molecule has 4 heteroatoms. The molecule has 0 saturated carbocycles. The van der Waals surface area contributed by atoms with Crippen LogP contribution in [0.4, 0.5) is 0 Å². The van der Waals surface area contributed by atoms with Crippen LogP contribution >= 0.6 is 0 Å². The molecule has 0 spiro atoms. The summed E-state index contributed by atoms with van der Waals surface area (Å²) in [5.74, 6) is 1.81. The molecule has 1 atom stereocenters. The highest BCUT2D eigenvalue weighted by Crippen LogP contribution is 2.24. The third-order valence-electron chi connectivity index (χ3n) is 4.66. The van der Waals surface area contributed by atoms with Gasteiger partial charge >= 0.3 is 0 Å². The van der Waals surface area contributed by atoms with E-state index >= 15 is 0 Å². The number of nitrogens with one attached hydrogen (secondary N) is 1. The van der Waals surface area contributed by atoms with Crippen molar-refractivity contribution in [3.05, 3.63) is 58.7 Å². The number of rotatable bonds is 8. The zero-order valence-electron chi connectivity index (χ0n) is 16.4. The first-order valence-electron chi connectivity index (χ1n) is 9.05. The predicted octanol–water partition coefficient (Wildman–Crippen LogP) is 4.52. The van der Waals surface area contributed by atoms with Gasteiger partial charge in [0.15, 0.2) is 0 Å². The molecular formula is C22H29NO3. The summed E-state index contributed by atoms with van der Waals surface area (Å²) in [5, 5.41) is 3.15. The maximum Gasteiger partial charge on any atom is 0.220 e. The van der Waals surface area contributed by atoms with Crippen molar-refractivity contribution in [1.82, 2.24) is 5.32 Å². The Morgan fingerprint density at radius 1 is 1.00 bits per heavy atom. The standard InChI is InChI=1S/C22H29NO3/c1-6-19(18-9-11-21(26-5)16(3)14-18)23-22(24)12-8-17-7-10-20(25-4)15(2)13-17/h7,9-11,13-14,19H,6,8,12H2,1-5H3,(H,23,24)/t19-/m1/s1. The molecule has 2 aromatic rings. The Balaban J connectivity index is 1.96. The van der Waals surface area contributed by atoms with Gasteiger partial charge in [-0.1, -0.05) is 31.2 Å². The van der Waals surface area contributed by atoms with E-state index < -0.39 is 0 Å². The smallest absolute Gasteiger partial charge is 0.220 e. The van der Waals surface area contributed by atoms with Crippen molar-refractivity contribution in [2.75, 3.05) is 14.2 Å². The lowest BCUT2D eigenvalue weighted by molar-refractivity contribution is -0.121. The lowest BCUT2D eigenvalue weighted by Gasteiger charge is -2.19.